The molecule has 0 unspecified atom stereocenters. The largest absolute Gasteiger partial charge is 0.323 e. The Morgan fingerprint density at radius 1 is 0.667 bits per heavy atom. The first-order chi connectivity index (χ1) is 8.90. The minimum Gasteiger partial charge on any atom is -0.323 e. The van der Waals surface area contributed by atoms with Crippen molar-refractivity contribution in [1.82, 2.24) is 0 Å². The molecule has 0 aromatic carbocycles. The van der Waals surface area contributed by atoms with E-state index in [1.54, 1.807) is 25.7 Å². The van der Waals surface area contributed by atoms with E-state index in [4.69, 9.17) is 0 Å². The number of nitrogens with one attached hydrogen (secondary N) is 2. The predicted molar refractivity (Wildman–Crippen MR) is 72.9 cm³/mol. The van der Waals surface area contributed by atoms with Gasteiger partial charge in [0.25, 0.3) is 0 Å². The summed E-state index contributed by atoms with van der Waals surface area (Å²) >= 11 is 0. The molecule has 2 bridgehead atoms. The molecular formula is C16H30N2+2. The van der Waals surface area contributed by atoms with E-state index in [1.807, 2.05) is 9.80 Å². The maximum Gasteiger partial charge on any atom is 0.127 e. The van der Waals surface area contributed by atoms with E-state index in [0.717, 1.165) is 23.9 Å². The lowest BCUT2D eigenvalue weighted by atomic mass is 9.93. The zero-order chi connectivity index (χ0) is 11.9. The highest BCUT2D eigenvalue weighted by atomic mass is 15.3. The van der Waals surface area contributed by atoms with E-state index in [1.165, 1.54) is 51.9 Å². The summed E-state index contributed by atoms with van der Waals surface area (Å²) in [5, 5.41) is 0. The van der Waals surface area contributed by atoms with Crippen molar-refractivity contribution in [2.24, 2.45) is 11.8 Å². The average molecular weight is 250 g/mol. The Bertz CT molecular complexity index is 289. The van der Waals surface area contributed by atoms with Crippen LogP contribution in [0.3, 0.4) is 0 Å². The first-order valence-electron chi connectivity index (χ1n) is 8.59. The zero-order valence-corrected chi connectivity index (χ0v) is 11.8. The molecular weight excluding hydrogens is 220 g/mol. The van der Waals surface area contributed by atoms with Crippen molar-refractivity contribution < 1.29 is 9.80 Å². The van der Waals surface area contributed by atoms with Gasteiger partial charge in [0.2, 0.25) is 0 Å². The smallest absolute Gasteiger partial charge is 0.127 e. The van der Waals surface area contributed by atoms with E-state index < -0.39 is 0 Å². The molecule has 1 heterocycles. The normalized spacial score (nSPS) is 49.0. The Balaban J connectivity index is 1.32. The SMILES string of the molecule is C1CCC([NH+]2CC[NH+]([C@H]3C[C@H]4CC[C@@H]3C4)CC2)C1. The number of piperazine rings is 1. The van der Waals surface area contributed by atoms with E-state index in [0.29, 0.717) is 0 Å². The van der Waals surface area contributed by atoms with Crippen molar-refractivity contribution >= 4 is 0 Å². The fraction of sp³-hybridized carbons (Fsp3) is 1.00. The molecule has 4 rings (SSSR count). The van der Waals surface area contributed by atoms with Gasteiger partial charge in [0.1, 0.15) is 26.2 Å². The van der Waals surface area contributed by atoms with Crippen molar-refractivity contribution in [3.8, 4) is 0 Å². The molecule has 1 aliphatic heterocycles. The summed E-state index contributed by atoms with van der Waals surface area (Å²) in [6.07, 6.45) is 12.4. The summed E-state index contributed by atoms with van der Waals surface area (Å²) in [5.41, 5.74) is 0. The Labute approximate surface area is 112 Å². The predicted octanol–water partition coefficient (Wildman–Crippen LogP) is -0.0990. The molecule has 0 aromatic rings. The second-order valence-corrected chi connectivity index (χ2v) is 7.58. The van der Waals surface area contributed by atoms with E-state index >= 15 is 0 Å². The fourth-order valence-electron chi connectivity index (χ4n) is 5.75. The van der Waals surface area contributed by atoms with Gasteiger partial charge >= 0.3 is 0 Å². The summed E-state index contributed by atoms with van der Waals surface area (Å²) in [6.45, 7) is 5.93. The van der Waals surface area contributed by atoms with Gasteiger partial charge in [-0.25, -0.2) is 0 Å². The standard InChI is InChI=1S/C16H28N2/c1-2-4-15(3-1)17-7-9-18(10-8-17)16-12-13-5-6-14(16)11-13/h13-16H,1-12H2/p+2/t13-,14+,16-/m0/s1. The molecule has 0 radical (unpaired) electrons. The Kier molecular flexibility index (Phi) is 3.12. The summed E-state index contributed by atoms with van der Waals surface area (Å²) < 4.78 is 0. The maximum atomic E-state index is 2.00. The minimum atomic E-state index is 1.05. The van der Waals surface area contributed by atoms with Crippen LogP contribution in [0.4, 0.5) is 0 Å². The van der Waals surface area contributed by atoms with Crippen molar-refractivity contribution in [3.63, 3.8) is 0 Å². The molecule has 0 amide bonds. The Morgan fingerprint density at radius 2 is 1.39 bits per heavy atom. The first kappa shape index (κ1) is 11.7. The van der Waals surface area contributed by atoms with Crippen molar-refractivity contribution in [3.05, 3.63) is 0 Å². The molecule has 4 aliphatic rings. The molecule has 1 saturated heterocycles. The van der Waals surface area contributed by atoms with Crippen LogP contribution in [0.15, 0.2) is 0 Å². The van der Waals surface area contributed by atoms with Gasteiger partial charge in [-0.05, 0) is 50.9 Å². The lowest BCUT2D eigenvalue weighted by Crippen LogP contribution is -3.31. The van der Waals surface area contributed by atoms with Gasteiger partial charge in [0, 0.05) is 12.3 Å². The maximum absolute atomic E-state index is 2.00. The molecule has 2 heteroatoms. The van der Waals surface area contributed by atoms with Crippen molar-refractivity contribution in [2.45, 2.75) is 63.5 Å². The molecule has 18 heavy (non-hydrogen) atoms. The van der Waals surface area contributed by atoms with Gasteiger partial charge in [0.15, 0.2) is 0 Å². The molecule has 2 nitrogen and oxygen atoms in total. The van der Waals surface area contributed by atoms with Crippen LogP contribution in [0.25, 0.3) is 0 Å². The molecule has 3 atom stereocenters. The van der Waals surface area contributed by atoms with Gasteiger partial charge in [-0.15, -0.1) is 0 Å². The second kappa shape index (κ2) is 4.79. The molecule has 0 aromatic heterocycles. The van der Waals surface area contributed by atoms with Crippen LogP contribution in [0.2, 0.25) is 0 Å². The van der Waals surface area contributed by atoms with Crippen LogP contribution in [-0.4, -0.2) is 38.3 Å². The lowest BCUT2D eigenvalue weighted by molar-refractivity contribution is -1.03. The monoisotopic (exact) mass is 250 g/mol. The van der Waals surface area contributed by atoms with Crippen LogP contribution >= 0.6 is 0 Å². The topological polar surface area (TPSA) is 8.88 Å². The zero-order valence-electron chi connectivity index (χ0n) is 11.8. The Morgan fingerprint density at radius 3 is 2.00 bits per heavy atom. The Hall–Kier alpha value is -0.0800. The number of hydrogen-bond acceptors (Lipinski definition) is 0. The number of rotatable bonds is 2. The van der Waals surface area contributed by atoms with E-state index in [-0.39, 0.29) is 0 Å². The van der Waals surface area contributed by atoms with Gasteiger partial charge in [0.05, 0.1) is 12.1 Å². The summed E-state index contributed by atoms with van der Waals surface area (Å²) in [5.74, 6) is 2.26. The van der Waals surface area contributed by atoms with Gasteiger partial charge < -0.3 is 9.80 Å². The lowest BCUT2D eigenvalue weighted by Gasteiger charge is -2.38. The molecule has 2 N–H and O–H groups in total. The first-order valence-corrected chi connectivity index (χ1v) is 8.59. The van der Waals surface area contributed by atoms with Crippen LogP contribution < -0.4 is 9.80 Å². The summed E-state index contributed by atoms with van der Waals surface area (Å²) in [6, 6.07) is 2.13. The highest BCUT2D eigenvalue weighted by Gasteiger charge is 2.46. The van der Waals surface area contributed by atoms with Gasteiger partial charge in [-0.1, -0.05) is 0 Å². The number of hydrogen-bond donors (Lipinski definition) is 2. The van der Waals surface area contributed by atoms with Crippen LogP contribution in [-0.2, 0) is 0 Å². The number of quaternary nitrogens is 2. The van der Waals surface area contributed by atoms with Crippen LogP contribution in [0, 0.1) is 11.8 Å². The second-order valence-electron chi connectivity index (χ2n) is 7.58. The highest BCUT2D eigenvalue weighted by Crippen LogP contribution is 2.43. The third kappa shape index (κ3) is 2.02. The highest BCUT2D eigenvalue weighted by molar-refractivity contribution is 4.90. The summed E-state index contributed by atoms with van der Waals surface area (Å²) in [4.78, 5) is 3.98. The minimum absolute atomic E-state index is 1.05. The van der Waals surface area contributed by atoms with E-state index in [9.17, 15) is 0 Å². The quantitative estimate of drug-likeness (QED) is 0.677. The molecule has 3 aliphatic carbocycles. The average Bonchev–Trinajstić information content (AvgIpc) is 3.16. The van der Waals surface area contributed by atoms with Crippen molar-refractivity contribution in [2.75, 3.05) is 26.2 Å². The van der Waals surface area contributed by atoms with E-state index in [2.05, 4.69) is 0 Å². The van der Waals surface area contributed by atoms with Crippen LogP contribution in [0.5, 0.6) is 0 Å². The molecule has 4 fully saturated rings. The molecule has 3 saturated carbocycles. The molecule has 102 valence electrons. The fourth-order valence-corrected chi connectivity index (χ4v) is 5.75. The van der Waals surface area contributed by atoms with Crippen LogP contribution in [0.1, 0.15) is 51.4 Å². The number of fused-ring (bicyclic) bond motifs is 2. The van der Waals surface area contributed by atoms with Crippen molar-refractivity contribution in [1.29, 1.82) is 0 Å². The summed E-state index contributed by atoms with van der Waals surface area (Å²) in [7, 11) is 0. The third-order valence-corrected chi connectivity index (χ3v) is 6.73. The molecule has 0 spiro atoms. The van der Waals surface area contributed by atoms with Gasteiger partial charge in [-0.3, -0.25) is 0 Å². The van der Waals surface area contributed by atoms with Gasteiger partial charge in [-0.2, -0.15) is 0 Å². The third-order valence-electron chi connectivity index (χ3n) is 6.73.